The maximum atomic E-state index is 13.7. The van der Waals surface area contributed by atoms with Crippen molar-refractivity contribution in [2.24, 2.45) is 4.99 Å². The van der Waals surface area contributed by atoms with Gasteiger partial charge in [-0.1, -0.05) is 29.3 Å². The molecule has 0 radical (unpaired) electrons. The number of carbonyl (C=O) groups is 2. The summed E-state index contributed by atoms with van der Waals surface area (Å²) in [5, 5.41) is 4.37. The average molecular weight is 560 g/mol. The van der Waals surface area contributed by atoms with E-state index >= 15 is 0 Å². The molecule has 1 aliphatic rings. The van der Waals surface area contributed by atoms with Crippen molar-refractivity contribution < 1.29 is 14.3 Å². The van der Waals surface area contributed by atoms with Crippen LogP contribution in [0.2, 0.25) is 5.02 Å². The lowest BCUT2D eigenvalue weighted by atomic mass is 9.95. The number of ether oxygens (including phenoxy) is 1. The van der Waals surface area contributed by atoms with Crippen LogP contribution in [0.1, 0.15) is 66.5 Å². The van der Waals surface area contributed by atoms with Crippen LogP contribution in [0, 0.1) is 20.8 Å². The van der Waals surface area contributed by atoms with Gasteiger partial charge in [0.2, 0.25) is 0 Å². The second kappa shape index (κ2) is 11.2. The smallest absolute Gasteiger partial charge is 0.339 e. The second-order valence-corrected chi connectivity index (χ2v) is 11.3. The van der Waals surface area contributed by atoms with Gasteiger partial charge in [-0.15, -0.1) is 11.3 Å². The number of fused-ring (bicyclic) bond motifs is 1. The van der Waals surface area contributed by atoms with Gasteiger partial charge in [-0.3, -0.25) is 9.79 Å². The van der Waals surface area contributed by atoms with E-state index in [2.05, 4.69) is 20.9 Å². The summed E-state index contributed by atoms with van der Waals surface area (Å²) in [6.07, 6.45) is 5.94. The summed E-state index contributed by atoms with van der Waals surface area (Å²) in [5.41, 5.74) is 7.77. The molecule has 1 amide bonds. The van der Waals surface area contributed by atoms with Crippen molar-refractivity contribution in [3.8, 4) is 5.00 Å². The number of rotatable bonds is 6. The maximum Gasteiger partial charge on any atom is 0.339 e. The van der Waals surface area contributed by atoms with Crippen molar-refractivity contribution in [1.82, 2.24) is 4.57 Å². The number of hydrogen-bond acceptors (Lipinski definition) is 5. The van der Waals surface area contributed by atoms with E-state index in [0.717, 1.165) is 64.4 Å². The van der Waals surface area contributed by atoms with Crippen LogP contribution < -0.4 is 5.32 Å². The summed E-state index contributed by atoms with van der Waals surface area (Å²) in [6, 6.07) is 14.9. The first-order valence-corrected chi connectivity index (χ1v) is 14.1. The number of aliphatic imine (C=N–C) groups is 1. The monoisotopic (exact) mass is 559 g/mol. The normalized spacial score (nSPS) is 12.9. The minimum atomic E-state index is -0.486. The number of carbonyl (C=O) groups excluding carboxylic acids is 2. The first kappa shape index (κ1) is 26.9. The van der Waals surface area contributed by atoms with Gasteiger partial charge in [0.25, 0.3) is 5.91 Å². The topological polar surface area (TPSA) is 72.7 Å². The van der Waals surface area contributed by atoms with Crippen LogP contribution in [0.5, 0.6) is 0 Å². The number of esters is 1. The molecule has 5 rings (SSSR count). The number of hydrogen-bond donors (Lipinski definition) is 1. The summed E-state index contributed by atoms with van der Waals surface area (Å²) >= 11 is 7.99. The highest BCUT2D eigenvalue weighted by molar-refractivity contribution is 7.15. The molecule has 0 atom stereocenters. The molecule has 1 aliphatic carbocycles. The van der Waals surface area contributed by atoms with Crippen molar-refractivity contribution in [1.29, 1.82) is 0 Å². The Kier molecular flexibility index (Phi) is 7.73. The Morgan fingerprint density at radius 1 is 1.05 bits per heavy atom. The molecule has 39 heavy (non-hydrogen) atoms. The second-order valence-electron chi connectivity index (χ2n) is 9.79. The third-order valence-corrected chi connectivity index (χ3v) is 8.66. The average Bonchev–Trinajstić information content (AvgIpc) is 3.44. The Hall–Kier alpha value is -3.68. The van der Waals surface area contributed by atoms with Crippen LogP contribution >= 0.6 is 22.9 Å². The molecule has 0 unspecified atom stereocenters. The van der Waals surface area contributed by atoms with Gasteiger partial charge in [0.1, 0.15) is 5.00 Å². The number of nitrogens with zero attached hydrogens (tertiary/aromatic N) is 2. The van der Waals surface area contributed by atoms with Crippen molar-refractivity contribution in [2.45, 2.75) is 46.5 Å². The standard InChI is InChI=1S/C31H30ClN3O3S/c1-18-9-11-22(12-10-18)34-29(36)28-25-7-5-6-8-27(25)39-30(28)35-19(2)15-21(20(35)3)17-33-23-13-14-24(26(32)16-23)31(37)38-4/h9-17H,5-8H2,1-4H3,(H,34,36). The van der Waals surface area contributed by atoms with E-state index in [1.807, 2.05) is 45.0 Å². The summed E-state index contributed by atoms with van der Waals surface area (Å²) in [4.78, 5) is 31.4. The van der Waals surface area contributed by atoms with E-state index < -0.39 is 5.97 Å². The fourth-order valence-electron chi connectivity index (χ4n) is 5.01. The Morgan fingerprint density at radius 2 is 1.79 bits per heavy atom. The zero-order valence-corrected chi connectivity index (χ0v) is 24.0. The third-order valence-electron chi connectivity index (χ3n) is 7.07. The van der Waals surface area contributed by atoms with Crippen LogP contribution in [0.15, 0.2) is 53.5 Å². The molecular formula is C31H30ClN3O3S. The Balaban J connectivity index is 1.50. The van der Waals surface area contributed by atoms with Crippen molar-refractivity contribution in [3.05, 3.63) is 97.6 Å². The molecule has 8 heteroatoms. The van der Waals surface area contributed by atoms with Gasteiger partial charge in [-0.25, -0.2) is 4.79 Å². The molecule has 2 aromatic heterocycles. The minimum absolute atomic E-state index is 0.0729. The highest BCUT2D eigenvalue weighted by Gasteiger charge is 2.28. The Labute approximate surface area is 237 Å². The largest absolute Gasteiger partial charge is 0.465 e. The predicted octanol–water partition coefficient (Wildman–Crippen LogP) is 7.79. The first-order valence-electron chi connectivity index (χ1n) is 12.9. The number of methoxy groups -OCH3 is 1. The van der Waals surface area contributed by atoms with Gasteiger partial charge < -0.3 is 14.6 Å². The van der Waals surface area contributed by atoms with Crippen molar-refractivity contribution >= 4 is 52.4 Å². The molecule has 0 aliphatic heterocycles. The molecule has 0 saturated heterocycles. The number of aromatic nitrogens is 1. The number of benzene rings is 2. The molecule has 0 saturated carbocycles. The van der Waals surface area contributed by atoms with Crippen molar-refractivity contribution in [2.75, 3.05) is 12.4 Å². The molecule has 4 aromatic rings. The van der Waals surface area contributed by atoms with E-state index in [4.69, 9.17) is 16.3 Å². The van der Waals surface area contributed by atoms with Crippen LogP contribution in [0.25, 0.3) is 5.00 Å². The van der Waals surface area contributed by atoms with Crippen LogP contribution in [0.3, 0.4) is 0 Å². The zero-order valence-electron chi connectivity index (χ0n) is 22.4. The first-order chi connectivity index (χ1) is 18.8. The number of aryl methyl sites for hydroxylation is 3. The van der Waals surface area contributed by atoms with E-state index in [0.29, 0.717) is 11.3 Å². The fourth-order valence-corrected chi connectivity index (χ4v) is 6.76. The van der Waals surface area contributed by atoms with Gasteiger partial charge in [-0.2, -0.15) is 0 Å². The number of thiophene rings is 1. The molecule has 1 N–H and O–H groups in total. The lowest BCUT2D eigenvalue weighted by molar-refractivity contribution is 0.0601. The van der Waals surface area contributed by atoms with Gasteiger partial charge in [0, 0.05) is 33.7 Å². The van der Waals surface area contributed by atoms with Crippen molar-refractivity contribution in [3.63, 3.8) is 0 Å². The molecule has 2 heterocycles. The number of nitrogens with one attached hydrogen (secondary N) is 1. The Bertz CT molecular complexity index is 1600. The molecule has 0 spiro atoms. The van der Waals surface area contributed by atoms with Gasteiger partial charge in [0.05, 0.1) is 28.9 Å². The van der Waals surface area contributed by atoms with Gasteiger partial charge in [0.15, 0.2) is 0 Å². The van der Waals surface area contributed by atoms with E-state index in [-0.39, 0.29) is 10.9 Å². The van der Waals surface area contributed by atoms with E-state index in [1.54, 1.807) is 35.8 Å². The highest BCUT2D eigenvalue weighted by Crippen LogP contribution is 2.39. The van der Waals surface area contributed by atoms with E-state index in [9.17, 15) is 9.59 Å². The molecular weight excluding hydrogens is 530 g/mol. The van der Waals surface area contributed by atoms with Crippen LogP contribution in [-0.4, -0.2) is 29.8 Å². The minimum Gasteiger partial charge on any atom is -0.465 e. The van der Waals surface area contributed by atoms with E-state index in [1.165, 1.54) is 17.6 Å². The predicted molar refractivity (Wildman–Crippen MR) is 159 cm³/mol. The summed E-state index contributed by atoms with van der Waals surface area (Å²) in [7, 11) is 1.32. The lowest BCUT2D eigenvalue weighted by Gasteiger charge is -2.14. The van der Waals surface area contributed by atoms with Crippen LogP contribution in [0.4, 0.5) is 11.4 Å². The molecule has 2 aromatic carbocycles. The lowest BCUT2D eigenvalue weighted by Crippen LogP contribution is -2.17. The quantitative estimate of drug-likeness (QED) is 0.193. The molecule has 6 nitrogen and oxygen atoms in total. The molecule has 0 fully saturated rings. The third kappa shape index (κ3) is 5.42. The van der Waals surface area contributed by atoms with Gasteiger partial charge in [-0.05, 0) is 88.4 Å². The maximum absolute atomic E-state index is 13.7. The number of anilines is 1. The highest BCUT2D eigenvalue weighted by atomic mass is 35.5. The Morgan fingerprint density at radius 3 is 2.51 bits per heavy atom. The molecule has 200 valence electrons. The molecule has 0 bridgehead atoms. The van der Waals surface area contributed by atoms with Crippen LogP contribution in [-0.2, 0) is 17.6 Å². The summed E-state index contributed by atoms with van der Waals surface area (Å²) < 4.78 is 6.93. The zero-order chi connectivity index (χ0) is 27.7. The number of halogens is 1. The van der Waals surface area contributed by atoms with Gasteiger partial charge >= 0.3 is 5.97 Å². The fraction of sp³-hybridized carbons (Fsp3) is 0.258. The number of amides is 1. The SMILES string of the molecule is COC(=O)c1ccc(N=Cc2cc(C)n(-c3sc4c(c3C(=O)Nc3ccc(C)cc3)CCCC4)c2C)cc1Cl. The summed E-state index contributed by atoms with van der Waals surface area (Å²) in [5.74, 6) is -0.559. The summed E-state index contributed by atoms with van der Waals surface area (Å²) in [6.45, 7) is 6.12.